The fraction of sp³-hybridized carbons (Fsp3) is 0.529. The van der Waals surface area contributed by atoms with Crippen LogP contribution in [0.3, 0.4) is 0 Å². The Labute approximate surface area is 153 Å². The van der Waals surface area contributed by atoms with E-state index in [4.69, 9.17) is 22.1 Å². The average Bonchev–Trinajstić information content (AvgIpc) is 2.67. The summed E-state index contributed by atoms with van der Waals surface area (Å²) in [6.45, 7) is 5.83. The van der Waals surface area contributed by atoms with E-state index in [0.717, 1.165) is 36.9 Å². The molecule has 2 heterocycles. The number of rotatable bonds is 3. The van der Waals surface area contributed by atoms with Crippen LogP contribution in [0.2, 0.25) is 5.02 Å². The van der Waals surface area contributed by atoms with Crippen molar-refractivity contribution in [2.45, 2.75) is 0 Å². The Balaban J connectivity index is 1.47. The number of nitrogens with zero attached hydrogens (tertiary/aromatic N) is 4. The maximum absolute atomic E-state index is 12.4. The van der Waals surface area contributed by atoms with E-state index < -0.39 is 0 Å². The highest BCUT2D eigenvalue weighted by Crippen LogP contribution is 2.19. The third-order valence-electron chi connectivity index (χ3n) is 4.54. The van der Waals surface area contributed by atoms with Crippen LogP contribution in [0.1, 0.15) is 0 Å². The highest BCUT2D eigenvalue weighted by atomic mass is 35.5. The van der Waals surface area contributed by atoms with Crippen molar-refractivity contribution in [1.29, 1.82) is 0 Å². The van der Waals surface area contributed by atoms with Gasteiger partial charge in [0.25, 0.3) is 0 Å². The summed E-state index contributed by atoms with van der Waals surface area (Å²) in [5.41, 5.74) is 7.10. The summed E-state index contributed by atoms with van der Waals surface area (Å²) in [5, 5.41) is 0.730. The first-order valence-electron chi connectivity index (χ1n) is 8.54. The standard InChI is InChI=1S/C17H24ClN5O2/c18-14-1-3-15(4-2-14)21-5-7-22(8-6-21)16(24)13-20-17(19)23-9-11-25-12-10-23/h1-4H,5-13H2,(H2,19,20). The second-order valence-electron chi connectivity index (χ2n) is 6.12. The third kappa shape index (κ3) is 4.76. The van der Waals surface area contributed by atoms with Crippen LogP contribution >= 0.6 is 11.6 Å². The van der Waals surface area contributed by atoms with Gasteiger partial charge in [-0.05, 0) is 24.3 Å². The van der Waals surface area contributed by atoms with Gasteiger partial charge in [-0.2, -0.15) is 0 Å². The minimum absolute atomic E-state index is 0.0203. The van der Waals surface area contributed by atoms with E-state index in [1.165, 1.54) is 0 Å². The maximum atomic E-state index is 12.4. The molecule has 2 aliphatic heterocycles. The Bertz CT molecular complexity index is 608. The van der Waals surface area contributed by atoms with Crippen molar-refractivity contribution in [2.75, 3.05) is 63.9 Å². The van der Waals surface area contributed by atoms with Gasteiger partial charge in [0.15, 0.2) is 5.96 Å². The van der Waals surface area contributed by atoms with Gasteiger partial charge in [-0.25, -0.2) is 4.99 Å². The van der Waals surface area contributed by atoms with Crippen LogP contribution in [0.25, 0.3) is 0 Å². The fourth-order valence-corrected chi connectivity index (χ4v) is 3.13. The van der Waals surface area contributed by atoms with Crippen molar-refractivity contribution < 1.29 is 9.53 Å². The lowest BCUT2D eigenvalue weighted by Crippen LogP contribution is -2.50. The molecule has 3 rings (SSSR count). The van der Waals surface area contributed by atoms with E-state index in [9.17, 15) is 4.79 Å². The summed E-state index contributed by atoms with van der Waals surface area (Å²) < 4.78 is 5.28. The Kier molecular flexibility index (Phi) is 5.99. The number of hydrogen-bond donors (Lipinski definition) is 1. The molecule has 2 aliphatic rings. The molecule has 25 heavy (non-hydrogen) atoms. The number of benzene rings is 1. The number of ether oxygens (including phenoxy) is 1. The number of carbonyl (C=O) groups excluding carboxylic acids is 1. The SMILES string of the molecule is NC(=NCC(=O)N1CCN(c2ccc(Cl)cc2)CC1)N1CCOCC1. The molecule has 8 heteroatoms. The lowest BCUT2D eigenvalue weighted by atomic mass is 10.2. The van der Waals surface area contributed by atoms with Crippen LogP contribution in [0.5, 0.6) is 0 Å². The molecule has 0 bridgehead atoms. The molecule has 1 aromatic carbocycles. The number of nitrogens with two attached hydrogens (primary N) is 1. The van der Waals surface area contributed by atoms with Gasteiger partial charge in [0, 0.05) is 50.0 Å². The highest BCUT2D eigenvalue weighted by Gasteiger charge is 2.21. The average molecular weight is 366 g/mol. The van der Waals surface area contributed by atoms with E-state index in [-0.39, 0.29) is 12.5 Å². The third-order valence-corrected chi connectivity index (χ3v) is 4.79. The molecule has 0 aromatic heterocycles. The minimum Gasteiger partial charge on any atom is -0.378 e. The Morgan fingerprint density at radius 1 is 1.04 bits per heavy atom. The van der Waals surface area contributed by atoms with Crippen molar-refractivity contribution in [2.24, 2.45) is 10.7 Å². The predicted molar refractivity (Wildman–Crippen MR) is 99.1 cm³/mol. The zero-order valence-corrected chi connectivity index (χ0v) is 15.0. The fourth-order valence-electron chi connectivity index (χ4n) is 3.01. The Hall–Kier alpha value is -1.99. The smallest absolute Gasteiger partial charge is 0.244 e. The van der Waals surface area contributed by atoms with E-state index in [1.807, 2.05) is 34.1 Å². The molecular weight excluding hydrogens is 342 g/mol. The molecule has 1 amide bonds. The summed E-state index contributed by atoms with van der Waals surface area (Å²) in [6.07, 6.45) is 0. The second-order valence-corrected chi connectivity index (χ2v) is 6.55. The number of piperazine rings is 1. The molecule has 0 atom stereocenters. The zero-order chi connectivity index (χ0) is 17.6. The van der Waals surface area contributed by atoms with Crippen LogP contribution in [-0.2, 0) is 9.53 Å². The van der Waals surface area contributed by atoms with E-state index in [0.29, 0.717) is 32.3 Å². The number of guanidine groups is 1. The summed E-state index contributed by atoms with van der Waals surface area (Å²) >= 11 is 5.93. The maximum Gasteiger partial charge on any atom is 0.244 e. The lowest BCUT2D eigenvalue weighted by Gasteiger charge is -2.36. The number of anilines is 1. The molecule has 0 radical (unpaired) electrons. The van der Waals surface area contributed by atoms with Crippen LogP contribution in [-0.4, -0.2) is 80.7 Å². The molecule has 136 valence electrons. The van der Waals surface area contributed by atoms with Crippen molar-refractivity contribution >= 4 is 29.2 Å². The zero-order valence-electron chi connectivity index (χ0n) is 14.2. The Morgan fingerprint density at radius 3 is 2.32 bits per heavy atom. The van der Waals surface area contributed by atoms with Crippen molar-refractivity contribution in [3.05, 3.63) is 29.3 Å². The quantitative estimate of drug-likeness (QED) is 0.628. The molecule has 0 aliphatic carbocycles. The molecule has 7 nitrogen and oxygen atoms in total. The number of aliphatic imine (C=N–C) groups is 1. The summed E-state index contributed by atoms with van der Waals surface area (Å²) in [5.74, 6) is 0.448. The summed E-state index contributed by atoms with van der Waals surface area (Å²) in [4.78, 5) is 22.7. The topological polar surface area (TPSA) is 74.4 Å². The van der Waals surface area contributed by atoms with E-state index in [2.05, 4.69) is 9.89 Å². The van der Waals surface area contributed by atoms with Gasteiger partial charge in [-0.15, -0.1) is 0 Å². The first kappa shape index (κ1) is 17.8. The largest absolute Gasteiger partial charge is 0.378 e. The number of halogens is 1. The molecule has 2 fully saturated rings. The molecule has 2 saturated heterocycles. The number of carbonyl (C=O) groups is 1. The number of hydrogen-bond acceptors (Lipinski definition) is 4. The molecule has 1 aromatic rings. The number of morpholine rings is 1. The summed E-state index contributed by atoms with van der Waals surface area (Å²) in [6, 6.07) is 7.79. The van der Waals surface area contributed by atoms with Gasteiger partial charge in [-0.3, -0.25) is 4.79 Å². The van der Waals surface area contributed by atoms with E-state index >= 15 is 0 Å². The van der Waals surface area contributed by atoms with Crippen LogP contribution in [0.15, 0.2) is 29.3 Å². The van der Waals surface area contributed by atoms with Crippen LogP contribution in [0.4, 0.5) is 5.69 Å². The second kappa shape index (κ2) is 8.40. The van der Waals surface area contributed by atoms with Gasteiger partial charge in [0.05, 0.1) is 13.2 Å². The molecule has 2 N–H and O–H groups in total. The number of amides is 1. The van der Waals surface area contributed by atoms with E-state index in [1.54, 1.807) is 0 Å². The normalized spacial score (nSPS) is 19.2. The van der Waals surface area contributed by atoms with Gasteiger partial charge in [0.1, 0.15) is 6.54 Å². The Morgan fingerprint density at radius 2 is 1.68 bits per heavy atom. The highest BCUT2D eigenvalue weighted by molar-refractivity contribution is 6.30. The monoisotopic (exact) mass is 365 g/mol. The molecule has 0 spiro atoms. The minimum atomic E-state index is 0.0203. The molecule has 0 unspecified atom stereocenters. The summed E-state index contributed by atoms with van der Waals surface area (Å²) in [7, 11) is 0. The van der Waals surface area contributed by atoms with Gasteiger partial charge in [-0.1, -0.05) is 11.6 Å². The lowest BCUT2D eigenvalue weighted by molar-refractivity contribution is -0.129. The molecular formula is C17H24ClN5O2. The van der Waals surface area contributed by atoms with Crippen LogP contribution < -0.4 is 10.6 Å². The van der Waals surface area contributed by atoms with Gasteiger partial charge < -0.3 is 25.2 Å². The van der Waals surface area contributed by atoms with Crippen molar-refractivity contribution in [3.8, 4) is 0 Å². The van der Waals surface area contributed by atoms with Crippen LogP contribution in [0, 0.1) is 0 Å². The van der Waals surface area contributed by atoms with Gasteiger partial charge in [0.2, 0.25) is 5.91 Å². The van der Waals surface area contributed by atoms with Gasteiger partial charge >= 0.3 is 0 Å². The first-order chi connectivity index (χ1) is 12.1. The van der Waals surface area contributed by atoms with Crippen molar-refractivity contribution in [1.82, 2.24) is 9.80 Å². The first-order valence-corrected chi connectivity index (χ1v) is 8.92. The van der Waals surface area contributed by atoms with Crippen molar-refractivity contribution in [3.63, 3.8) is 0 Å². The molecule has 0 saturated carbocycles. The predicted octanol–water partition coefficient (Wildman–Crippen LogP) is 0.636.